The van der Waals surface area contributed by atoms with Gasteiger partial charge in [0.2, 0.25) is 0 Å². The van der Waals surface area contributed by atoms with Gasteiger partial charge in [0.25, 0.3) is 5.56 Å². The zero-order valence-electron chi connectivity index (χ0n) is 16.7. The van der Waals surface area contributed by atoms with Gasteiger partial charge in [0.1, 0.15) is 5.82 Å². The lowest BCUT2D eigenvalue weighted by atomic mass is 10.0. The van der Waals surface area contributed by atoms with Crippen LogP contribution in [0, 0.1) is 0 Å². The third kappa shape index (κ3) is 4.77. The first kappa shape index (κ1) is 19.9. The maximum atomic E-state index is 12.7. The van der Waals surface area contributed by atoms with Gasteiger partial charge < -0.3 is 4.98 Å². The summed E-state index contributed by atoms with van der Waals surface area (Å²) in [7, 11) is 0. The van der Waals surface area contributed by atoms with E-state index in [-0.39, 0.29) is 5.56 Å². The number of H-pyrrole nitrogens is 1. The zero-order chi connectivity index (χ0) is 20.2. The lowest BCUT2D eigenvalue weighted by molar-refractivity contribution is 0.242. The number of aromatic amines is 1. The van der Waals surface area contributed by atoms with Gasteiger partial charge in [-0.15, -0.1) is 0 Å². The zero-order valence-corrected chi connectivity index (χ0v) is 17.5. The predicted octanol–water partition coefficient (Wildman–Crippen LogP) is 4.99. The Kier molecular flexibility index (Phi) is 6.12. The molecule has 3 aromatic rings. The molecule has 1 aliphatic rings. The molecule has 0 aliphatic carbocycles. The SMILES string of the molecule is CCCCc1ccc(CN2CCc3nc(-c4ccc(Cl)cc4)[nH]c(=O)c3C2)cc1. The van der Waals surface area contributed by atoms with Crippen LogP contribution >= 0.6 is 11.6 Å². The molecule has 5 heteroatoms. The minimum absolute atomic E-state index is 0.0421. The molecule has 2 aromatic carbocycles. The van der Waals surface area contributed by atoms with E-state index in [0.717, 1.165) is 42.8 Å². The van der Waals surface area contributed by atoms with Crippen LogP contribution in [0.1, 0.15) is 42.1 Å². The molecule has 2 heterocycles. The molecule has 0 spiro atoms. The van der Waals surface area contributed by atoms with Crippen LogP contribution in [0.5, 0.6) is 0 Å². The molecule has 0 radical (unpaired) electrons. The van der Waals surface area contributed by atoms with Crippen LogP contribution in [0.3, 0.4) is 0 Å². The standard InChI is InChI=1S/C24H26ClN3O/c1-2-3-4-17-5-7-18(8-6-17)15-28-14-13-22-21(16-28)24(29)27-23(26-22)19-9-11-20(25)12-10-19/h5-12H,2-4,13-16H2,1H3,(H,26,27,29). The summed E-state index contributed by atoms with van der Waals surface area (Å²) < 4.78 is 0. The highest BCUT2D eigenvalue weighted by Crippen LogP contribution is 2.21. The number of rotatable bonds is 6. The van der Waals surface area contributed by atoms with Crippen molar-refractivity contribution in [2.75, 3.05) is 6.54 Å². The van der Waals surface area contributed by atoms with Crippen molar-refractivity contribution < 1.29 is 0 Å². The highest BCUT2D eigenvalue weighted by atomic mass is 35.5. The summed E-state index contributed by atoms with van der Waals surface area (Å²) in [6, 6.07) is 16.3. The van der Waals surface area contributed by atoms with Crippen molar-refractivity contribution >= 4 is 11.6 Å². The molecule has 0 atom stereocenters. The molecule has 1 aliphatic heterocycles. The van der Waals surface area contributed by atoms with Crippen molar-refractivity contribution in [1.82, 2.24) is 14.9 Å². The van der Waals surface area contributed by atoms with Crippen molar-refractivity contribution in [2.45, 2.75) is 45.7 Å². The maximum Gasteiger partial charge on any atom is 0.255 e. The van der Waals surface area contributed by atoms with Crippen LogP contribution in [-0.2, 0) is 25.9 Å². The minimum atomic E-state index is -0.0421. The van der Waals surface area contributed by atoms with E-state index < -0.39 is 0 Å². The quantitative estimate of drug-likeness (QED) is 0.626. The summed E-state index contributed by atoms with van der Waals surface area (Å²) in [6.45, 7) is 4.61. The number of fused-ring (bicyclic) bond motifs is 1. The first-order valence-corrected chi connectivity index (χ1v) is 10.7. The lowest BCUT2D eigenvalue weighted by Crippen LogP contribution is -2.35. The molecule has 0 unspecified atom stereocenters. The third-order valence-electron chi connectivity index (χ3n) is 5.51. The molecule has 29 heavy (non-hydrogen) atoms. The van der Waals surface area contributed by atoms with Gasteiger partial charge in [0.05, 0.1) is 11.3 Å². The summed E-state index contributed by atoms with van der Waals surface area (Å²) in [5.41, 5.74) is 5.21. The molecule has 4 rings (SSSR count). The Morgan fingerprint density at radius 1 is 1.07 bits per heavy atom. The summed E-state index contributed by atoms with van der Waals surface area (Å²) in [6.07, 6.45) is 4.38. The molecule has 1 N–H and O–H groups in total. The molecule has 150 valence electrons. The molecule has 0 saturated carbocycles. The van der Waals surface area contributed by atoms with Crippen molar-refractivity contribution in [1.29, 1.82) is 0 Å². The molecule has 4 nitrogen and oxygen atoms in total. The van der Waals surface area contributed by atoms with Gasteiger partial charge >= 0.3 is 0 Å². The lowest BCUT2D eigenvalue weighted by Gasteiger charge is -2.27. The van der Waals surface area contributed by atoms with E-state index in [2.05, 4.69) is 41.1 Å². The van der Waals surface area contributed by atoms with Crippen molar-refractivity contribution in [3.05, 3.63) is 86.3 Å². The molecular formula is C24H26ClN3O. The number of aryl methyl sites for hydroxylation is 1. The Hall–Kier alpha value is -2.43. The minimum Gasteiger partial charge on any atom is -0.306 e. The largest absolute Gasteiger partial charge is 0.306 e. The van der Waals surface area contributed by atoms with E-state index >= 15 is 0 Å². The van der Waals surface area contributed by atoms with Gasteiger partial charge in [-0.3, -0.25) is 9.69 Å². The van der Waals surface area contributed by atoms with Gasteiger partial charge in [-0.25, -0.2) is 4.98 Å². The van der Waals surface area contributed by atoms with Crippen LogP contribution in [0.4, 0.5) is 0 Å². The number of aromatic nitrogens is 2. The molecule has 0 fully saturated rings. The highest BCUT2D eigenvalue weighted by molar-refractivity contribution is 6.30. The summed E-state index contributed by atoms with van der Waals surface area (Å²) in [5, 5.41) is 0.670. The van der Waals surface area contributed by atoms with Crippen molar-refractivity contribution in [2.24, 2.45) is 0 Å². The summed E-state index contributed by atoms with van der Waals surface area (Å²) in [5.74, 6) is 0.613. The summed E-state index contributed by atoms with van der Waals surface area (Å²) >= 11 is 5.96. The number of hydrogen-bond acceptors (Lipinski definition) is 3. The Morgan fingerprint density at radius 2 is 1.79 bits per heavy atom. The van der Waals surface area contributed by atoms with Gasteiger partial charge in [0.15, 0.2) is 0 Å². The second-order valence-electron chi connectivity index (χ2n) is 7.73. The summed E-state index contributed by atoms with van der Waals surface area (Å²) in [4.78, 5) is 22.7. The van der Waals surface area contributed by atoms with E-state index in [1.165, 1.54) is 24.0 Å². The average molecular weight is 408 g/mol. The Morgan fingerprint density at radius 3 is 2.52 bits per heavy atom. The smallest absolute Gasteiger partial charge is 0.255 e. The monoisotopic (exact) mass is 407 g/mol. The third-order valence-corrected chi connectivity index (χ3v) is 5.77. The second kappa shape index (κ2) is 8.93. The average Bonchev–Trinajstić information content (AvgIpc) is 2.74. The second-order valence-corrected chi connectivity index (χ2v) is 8.16. The fourth-order valence-corrected chi connectivity index (χ4v) is 3.94. The number of halogens is 1. The van der Waals surface area contributed by atoms with Crippen LogP contribution in [0.25, 0.3) is 11.4 Å². The van der Waals surface area contributed by atoms with Crippen LogP contribution in [-0.4, -0.2) is 21.4 Å². The number of benzene rings is 2. The van der Waals surface area contributed by atoms with E-state index in [4.69, 9.17) is 16.6 Å². The number of nitrogens with one attached hydrogen (secondary N) is 1. The number of hydrogen-bond donors (Lipinski definition) is 1. The maximum absolute atomic E-state index is 12.7. The first-order chi connectivity index (χ1) is 14.1. The fraction of sp³-hybridized carbons (Fsp3) is 0.333. The van der Waals surface area contributed by atoms with E-state index in [9.17, 15) is 4.79 Å². The fourth-order valence-electron chi connectivity index (χ4n) is 3.81. The van der Waals surface area contributed by atoms with Crippen LogP contribution in [0.15, 0.2) is 53.3 Å². The highest BCUT2D eigenvalue weighted by Gasteiger charge is 2.21. The molecule has 0 amide bonds. The molecule has 0 saturated heterocycles. The van der Waals surface area contributed by atoms with Crippen LogP contribution in [0.2, 0.25) is 5.02 Å². The van der Waals surface area contributed by atoms with E-state index in [1.54, 1.807) is 0 Å². The Balaban J connectivity index is 1.47. The first-order valence-electron chi connectivity index (χ1n) is 10.3. The molecule has 1 aromatic heterocycles. The molecule has 0 bridgehead atoms. The van der Waals surface area contributed by atoms with Gasteiger partial charge in [0, 0.05) is 36.6 Å². The van der Waals surface area contributed by atoms with Crippen LogP contribution < -0.4 is 5.56 Å². The Bertz CT molecular complexity index is 1030. The number of nitrogens with zero attached hydrogens (tertiary/aromatic N) is 2. The van der Waals surface area contributed by atoms with Crippen molar-refractivity contribution in [3.8, 4) is 11.4 Å². The normalized spacial score (nSPS) is 14.0. The van der Waals surface area contributed by atoms with Gasteiger partial charge in [-0.05, 0) is 48.2 Å². The number of unbranched alkanes of at least 4 members (excludes halogenated alkanes) is 1. The topological polar surface area (TPSA) is 49.0 Å². The van der Waals surface area contributed by atoms with Crippen molar-refractivity contribution in [3.63, 3.8) is 0 Å². The predicted molar refractivity (Wildman–Crippen MR) is 118 cm³/mol. The van der Waals surface area contributed by atoms with E-state index in [1.807, 2.05) is 24.3 Å². The van der Waals surface area contributed by atoms with Gasteiger partial charge in [-0.2, -0.15) is 0 Å². The Labute approximate surface area is 176 Å². The van der Waals surface area contributed by atoms with E-state index in [0.29, 0.717) is 17.4 Å². The van der Waals surface area contributed by atoms with Gasteiger partial charge in [-0.1, -0.05) is 49.2 Å². The molecular weight excluding hydrogens is 382 g/mol.